The van der Waals surface area contributed by atoms with Gasteiger partial charge in [0, 0.05) is 23.9 Å². The monoisotopic (exact) mass is 238 g/mol. The predicted molar refractivity (Wildman–Crippen MR) is 66.1 cm³/mol. The fourth-order valence-electron chi connectivity index (χ4n) is 2.43. The summed E-state index contributed by atoms with van der Waals surface area (Å²) in [4.78, 5) is 17.4. The number of aldehydes is 1. The van der Waals surface area contributed by atoms with E-state index in [4.69, 9.17) is 0 Å². The Morgan fingerprint density at radius 1 is 1.69 bits per heavy atom. The van der Waals surface area contributed by atoms with E-state index in [1.54, 1.807) is 11.3 Å². The molecule has 4 heteroatoms. The summed E-state index contributed by atoms with van der Waals surface area (Å²) < 4.78 is 0. The summed E-state index contributed by atoms with van der Waals surface area (Å²) in [6.07, 6.45) is 4.37. The first-order chi connectivity index (χ1) is 7.70. The van der Waals surface area contributed by atoms with Crippen molar-refractivity contribution in [3.05, 3.63) is 16.1 Å². The lowest BCUT2D eigenvalue weighted by Gasteiger charge is -2.27. The first kappa shape index (κ1) is 11.7. The molecule has 1 aliphatic rings. The van der Waals surface area contributed by atoms with Crippen LogP contribution in [0.15, 0.2) is 5.38 Å². The van der Waals surface area contributed by atoms with Gasteiger partial charge >= 0.3 is 0 Å². The van der Waals surface area contributed by atoms with Gasteiger partial charge in [0.05, 0.1) is 5.01 Å². The summed E-state index contributed by atoms with van der Waals surface area (Å²) in [5, 5.41) is 2.94. The first-order valence-electron chi connectivity index (χ1n) is 5.86. The molecule has 0 aromatic carbocycles. The fourth-order valence-corrected chi connectivity index (χ4v) is 3.24. The first-order valence-corrected chi connectivity index (χ1v) is 6.74. The Morgan fingerprint density at radius 2 is 2.50 bits per heavy atom. The molecule has 0 aliphatic carbocycles. The molecule has 1 saturated heterocycles. The topological polar surface area (TPSA) is 33.2 Å². The van der Waals surface area contributed by atoms with Gasteiger partial charge in [0.15, 0.2) is 6.29 Å². The molecule has 1 atom stereocenters. The number of carbonyl (C=O) groups excluding carboxylic acids is 1. The van der Waals surface area contributed by atoms with E-state index in [2.05, 4.69) is 23.7 Å². The molecule has 0 N–H and O–H groups in total. The van der Waals surface area contributed by atoms with Gasteiger partial charge in [-0.15, -0.1) is 11.3 Å². The van der Waals surface area contributed by atoms with E-state index in [1.165, 1.54) is 19.4 Å². The van der Waals surface area contributed by atoms with Crippen molar-refractivity contribution in [2.75, 3.05) is 6.54 Å². The molecule has 2 rings (SSSR count). The van der Waals surface area contributed by atoms with Crippen LogP contribution in [0.4, 0.5) is 0 Å². The zero-order valence-corrected chi connectivity index (χ0v) is 10.7. The summed E-state index contributed by atoms with van der Waals surface area (Å²) >= 11 is 1.61. The third-order valence-electron chi connectivity index (χ3n) is 3.19. The van der Waals surface area contributed by atoms with Crippen molar-refractivity contribution >= 4 is 17.6 Å². The van der Waals surface area contributed by atoms with E-state index in [9.17, 15) is 4.79 Å². The second-order valence-electron chi connectivity index (χ2n) is 4.62. The number of hydrogen-bond acceptors (Lipinski definition) is 4. The molecular weight excluding hydrogens is 220 g/mol. The fraction of sp³-hybridized carbons (Fsp3) is 0.667. The number of nitrogens with zero attached hydrogens (tertiary/aromatic N) is 2. The van der Waals surface area contributed by atoms with Crippen LogP contribution in [0, 0.1) is 0 Å². The van der Waals surface area contributed by atoms with Gasteiger partial charge in [-0.05, 0) is 33.2 Å². The molecule has 1 fully saturated rings. The second kappa shape index (κ2) is 5.06. The zero-order valence-electron chi connectivity index (χ0n) is 9.85. The van der Waals surface area contributed by atoms with Crippen LogP contribution in [0.25, 0.3) is 0 Å². The van der Waals surface area contributed by atoms with Gasteiger partial charge in [0.25, 0.3) is 0 Å². The highest BCUT2D eigenvalue weighted by molar-refractivity contribution is 7.09. The summed E-state index contributed by atoms with van der Waals surface area (Å²) in [5.41, 5.74) is 0.578. The van der Waals surface area contributed by atoms with Gasteiger partial charge in [-0.25, -0.2) is 4.98 Å². The number of carbonyl (C=O) groups is 1. The van der Waals surface area contributed by atoms with Gasteiger partial charge in [0.2, 0.25) is 0 Å². The zero-order chi connectivity index (χ0) is 11.5. The van der Waals surface area contributed by atoms with Crippen LogP contribution in [0.3, 0.4) is 0 Å². The molecule has 0 saturated carbocycles. The number of aromatic nitrogens is 1. The Balaban J connectivity index is 2.00. The van der Waals surface area contributed by atoms with Crippen molar-refractivity contribution < 1.29 is 4.79 Å². The molecule has 1 unspecified atom stereocenters. The Bertz CT molecular complexity index is 362. The van der Waals surface area contributed by atoms with Gasteiger partial charge in [0.1, 0.15) is 5.69 Å². The average Bonchev–Trinajstić information content (AvgIpc) is 2.87. The molecule has 0 amide bonds. The minimum Gasteiger partial charge on any atom is -0.298 e. The lowest BCUT2D eigenvalue weighted by molar-refractivity contribution is 0.111. The molecular formula is C12H18N2OS. The van der Waals surface area contributed by atoms with Gasteiger partial charge < -0.3 is 0 Å². The molecule has 2 heterocycles. The Kier molecular flexibility index (Phi) is 3.71. The summed E-state index contributed by atoms with van der Waals surface area (Å²) in [5.74, 6) is 0. The molecule has 1 aromatic heterocycles. The number of thiazole rings is 1. The lowest BCUT2D eigenvalue weighted by atomic mass is 10.1. The van der Waals surface area contributed by atoms with Crippen LogP contribution in [0.1, 0.15) is 42.2 Å². The van der Waals surface area contributed by atoms with E-state index in [0.717, 1.165) is 17.7 Å². The highest BCUT2D eigenvalue weighted by Crippen LogP contribution is 2.24. The van der Waals surface area contributed by atoms with Crippen LogP contribution in [-0.2, 0) is 6.42 Å². The van der Waals surface area contributed by atoms with Gasteiger partial charge in [-0.2, -0.15) is 0 Å². The Labute approximate surface area is 100 Å². The molecule has 0 bridgehead atoms. The molecule has 0 radical (unpaired) electrons. The third-order valence-corrected chi connectivity index (χ3v) is 4.08. The van der Waals surface area contributed by atoms with Crippen molar-refractivity contribution in [2.24, 2.45) is 0 Å². The molecule has 16 heavy (non-hydrogen) atoms. The van der Waals surface area contributed by atoms with Gasteiger partial charge in [-0.3, -0.25) is 9.69 Å². The second-order valence-corrected chi connectivity index (χ2v) is 5.56. The number of likely N-dealkylation sites (tertiary alicyclic amines) is 1. The Morgan fingerprint density at radius 3 is 3.12 bits per heavy atom. The molecule has 1 aliphatic heterocycles. The highest BCUT2D eigenvalue weighted by Gasteiger charge is 2.27. The standard InChI is InChI=1S/C12H18N2OS/c1-9(2)14-5-3-4-11(14)6-12-13-10(7-15)8-16-12/h7-9,11H,3-6H2,1-2H3. The average molecular weight is 238 g/mol. The van der Waals surface area contributed by atoms with Gasteiger partial charge in [-0.1, -0.05) is 0 Å². The number of rotatable bonds is 4. The Hall–Kier alpha value is -0.740. The lowest BCUT2D eigenvalue weighted by Crippen LogP contribution is -2.36. The van der Waals surface area contributed by atoms with Crippen LogP contribution in [0.5, 0.6) is 0 Å². The minimum absolute atomic E-state index is 0.578. The van der Waals surface area contributed by atoms with Crippen LogP contribution < -0.4 is 0 Å². The maximum Gasteiger partial charge on any atom is 0.169 e. The largest absolute Gasteiger partial charge is 0.298 e. The SMILES string of the molecule is CC(C)N1CCCC1Cc1nc(C=O)cs1. The van der Waals surface area contributed by atoms with Crippen molar-refractivity contribution in [3.8, 4) is 0 Å². The van der Waals surface area contributed by atoms with E-state index >= 15 is 0 Å². The van der Waals surface area contributed by atoms with Crippen molar-refractivity contribution in [2.45, 2.75) is 45.2 Å². The quantitative estimate of drug-likeness (QED) is 0.755. The normalized spacial score (nSPS) is 21.8. The maximum absolute atomic E-state index is 10.6. The highest BCUT2D eigenvalue weighted by atomic mass is 32.1. The summed E-state index contributed by atoms with van der Waals surface area (Å²) in [7, 11) is 0. The van der Waals surface area contributed by atoms with E-state index in [0.29, 0.717) is 17.8 Å². The van der Waals surface area contributed by atoms with Crippen molar-refractivity contribution in [1.82, 2.24) is 9.88 Å². The van der Waals surface area contributed by atoms with Crippen LogP contribution in [-0.4, -0.2) is 34.8 Å². The van der Waals surface area contributed by atoms with Crippen LogP contribution >= 0.6 is 11.3 Å². The van der Waals surface area contributed by atoms with E-state index < -0.39 is 0 Å². The molecule has 88 valence electrons. The molecule has 1 aromatic rings. The smallest absolute Gasteiger partial charge is 0.169 e. The van der Waals surface area contributed by atoms with E-state index in [-0.39, 0.29) is 0 Å². The van der Waals surface area contributed by atoms with Crippen LogP contribution in [0.2, 0.25) is 0 Å². The van der Waals surface area contributed by atoms with E-state index in [1.807, 2.05) is 5.38 Å². The number of hydrogen-bond donors (Lipinski definition) is 0. The summed E-state index contributed by atoms with van der Waals surface area (Å²) in [6, 6.07) is 1.23. The molecule has 0 spiro atoms. The maximum atomic E-state index is 10.6. The van der Waals surface area contributed by atoms with Crippen molar-refractivity contribution in [1.29, 1.82) is 0 Å². The third kappa shape index (κ3) is 2.50. The minimum atomic E-state index is 0.578. The van der Waals surface area contributed by atoms with Crippen molar-refractivity contribution in [3.63, 3.8) is 0 Å². The summed E-state index contributed by atoms with van der Waals surface area (Å²) in [6.45, 7) is 5.70. The predicted octanol–water partition coefficient (Wildman–Crippen LogP) is 2.37. The molecule has 3 nitrogen and oxygen atoms in total.